The molecule has 0 spiro atoms. The zero-order chi connectivity index (χ0) is 29.1. The summed E-state index contributed by atoms with van der Waals surface area (Å²) in [7, 11) is 0. The molecule has 1 aliphatic carbocycles. The van der Waals surface area contributed by atoms with E-state index in [-0.39, 0.29) is 17.4 Å². The van der Waals surface area contributed by atoms with Crippen molar-refractivity contribution in [3.8, 4) is 0 Å². The molecule has 8 rings (SSSR count). The van der Waals surface area contributed by atoms with Gasteiger partial charge in [-0.25, -0.2) is 9.38 Å². The summed E-state index contributed by atoms with van der Waals surface area (Å²) in [6.45, 7) is 0.617. The van der Waals surface area contributed by atoms with Crippen LogP contribution < -0.4 is 14.9 Å². The third-order valence-corrected chi connectivity index (χ3v) is 9.81. The zero-order valence-electron chi connectivity index (χ0n) is 23.0. The molecule has 4 nitrogen and oxygen atoms in total. The minimum absolute atomic E-state index is 0.0913. The first kappa shape index (κ1) is 26.1. The third-order valence-electron chi connectivity index (χ3n) is 8.46. The summed E-state index contributed by atoms with van der Waals surface area (Å²) in [5, 5.41) is 1.78. The van der Waals surface area contributed by atoms with Crippen molar-refractivity contribution in [3.63, 3.8) is 0 Å². The van der Waals surface area contributed by atoms with Crippen molar-refractivity contribution < 1.29 is 4.39 Å². The molecule has 2 aromatic heterocycles. The quantitative estimate of drug-likeness (QED) is 0.212. The highest BCUT2D eigenvalue weighted by atomic mass is 35.5. The fraction of sp³-hybridized carbons (Fsp3) is 0.111. The van der Waals surface area contributed by atoms with Crippen molar-refractivity contribution in [2.45, 2.75) is 25.4 Å². The topological polar surface area (TPSA) is 39.3 Å². The molecule has 7 heteroatoms. The number of hydrogen-bond donors (Lipinski definition) is 0. The van der Waals surface area contributed by atoms with Gasteiger partial charge < -0.3 is 4.57 Å². The Morgan fingerprint density at radius 3 is 2.56 bits per heavy atom. The lowest BCUT2D eigenvalue weighted by atomic mass is 9.83. The van der Waals surface area contributed by atoms with Gasteiger partial charge in [-0.05, 0) is 65.4 Å². The summed E-state index contributed by atoms with van der Waals surface area (Å²) >= 11 is 7.90. The summed E-state index contributed by atoms with van der Waals surface area (Å²) in [6, 6.07) is 30.6. The maximum atomic E-state index is 14.2. The molecule has 0 fully saturated rings. The predicted octanol–water partition coefficient (Wildman–Crippen LogP) is 7.11. The van der Waals surface area contributed by atoms with Crippen LogP contribution in [0.2, 0.25) is 5.02 Å². The zero-order valence-corrected chi connectivity index (χ0v) is 24.6. The van der Waals surface area contributed by atoms with E-state index >= 15 is 0 Å². The Kier molecular flexibility index (Phi) is 6.28. The van der Waals surface area contributed by atoms with Crippen LogP contribution in [-0.2, 0) is 13.0 Å². The van der Waals surface area contributed by atoms with Crippen LogP contribution in [0, 0.1) is 5.82 Å². The minimum atomic E-state index is -0.344. The molecule has 3 heterocycles. The molecular weight excluding hydrogens is 577 g/mol. The number of nitrogens with zero attached hydrogens (tertiary/aromatic N) is 3. The predicted molar refractivity (Wildman–Crippen MR) is 172 cm³/mol. The van der Waals surface area contributed by atoms with E-state index in [1.54, 1.807) is 16.7 Å². The molecule has 0 amide bonds. The average Bonchev–Trinajstić information content (AvgIpc) is 3.54. The van der Waals surface area contributed by atoms with Gasteiger partial charge in [0, 0.05) is 39.8 Å². The number of aryl methyl sites for hydroxylation is 1. The van der Waals surface area contributed by atoms with Crippen LogP contribution in [0.5, 0.6) is 0 Å². The molecule has 1 aliphatic heterocycles. The van der Waals surface area contributed by atoms with E-state index in [9.17, 15) is 9.18 Å². The largest absolute Gasteiger partial charge is 0.342 e. The van der Waals surface area contributed by atoms with Gasteiger partial charge in [0.15, 0.2) is 4.80 Å². The van der Waals surface area contributed by atoms with Gasteiger partial charge in [0.25, 0.3) is 5.56 Å². The molecule has 0 bridgehead atoms. The van der Waals surface area contributed by atoms with Crippen molar-refractivity contribution in [2.75, 3.05) is 0 Å². The van der Waals surface area contributed by atoms with E-state index in [1.165, 1.54) is 29.0 Å². The van der Waals surface area contributed by atoms with Gasteiger partial charge in [-0.1, -0.05) is 95.7 Å². The van der Waals surface area contributed by atoms with Gasteiger partial charge in [0.2, 0.25) is 0 Å². The number of hydrogen-bond acceptors (Lipinski definition) is 3. The molecule has 4 aromatic carbocycles. The molecule has 0 saturated heterocycles. The lowest BCUT2D eigenvalue weighted by molar-refractivity contribution is 0.581. The van der Waals surface area contributed by atoms with E-state index in [4.69, 9.17) is 16.6 Å². The second-order valence-electron chi connectivity index (χ2n) is 11.0. The fourth-order valence-electron chi connectivity index (χ4n) is 6.44. The monoisotopic (exact) mass is 601 g/mol. The standard InChI is InChI=1S/C36H25ClFN3OS/c37-30-11-5-2-8-24(30)20-40-21-25(27-9-4-6-12-31(27)40)19-32-35(42)41-34(23-13-16-26(38)17-14-23)29-18-15-22-7-1-3-10-28(22)33(29)39-36(41)43-32/h1-14,16-17,19,21,34H,15,18,20H2/b32-19+/t34-/m0/s1. The molecule has 43 heavy (non-hydrogen) atoms. The number of halogens is 2. The number of fused-ring (bicyclic) bond motifs is 4. The maximum absolute atomic E-state index is 14.2. The maximum Gasteiger partial charge on any atom is 0.271 e. The van der Waals surface area contributed by atoms with E-state index in [2.05, 4.69) is 41.1 Å². The first-order valence-corrected chi connectivity index (χ1v) is 15.4. The molecule has 210 valence electrons. The average molecular weight is 602 g/mol. The normalized spacial score (nSPS) is 16.1. The van der Waals surface area contributed by atoms with Gasteiger partial charge >= 0.3 is 0 Å². The van der Waals surface area contributed by atoms with Crippen LogP contribution in [0.1, 0.15) is 40.3 Å². The van der Waals surface area contributed by atoms with Gasteiger partial charge in [0.1, 0.15) is 5.82 Å². The second-order valence-corrected chi connectivity index (χ2v) is 12.4. The Labute approximate surface area is 256 Å². The van der Waals surface area contributed by atoms with Crippen molar-refractivity contribution in [1.29, 1.82) is 0 Å². The first-order chi connectivity index (χ1) is 21.0. The van der Waals surface area contributed by atoms with Crippen LogP contribution in [0.25, 0.3) is 22.7 Å². The summed E-state index contributed by atoms with van der Waals surface area (Å²) in [5.41, 5.74) is 8.24. The van der Waals surface area contributed by atoms with Crippen molar-refractivity contribution in [2.24, 2.45) is 4.99 Å². The third kappa shape index (κ3) is 4.41. The molecule has 6 aromatic rings. The van der Waals surface area contributed by atoms with Crippen LogP contribution in [-0.4, -0.2) is 9.13 Å². The molecule has 0 saturated carbocycles. The van der Waals surface area contributed by atoms with Gasteiger partial charge in [-0.2, -0.15) is 0 Å². The summed E-state index contributed by atoms with van der Waals surface area (Å²) in [6.07, 6.45) is 5.73. The number of benzene rings is 4. The number of thiazole rings is 1. The molecule has 0 unspecified atom stereocenters. The van der Waals surface area contributed by atoms with E-state index in [0.717, 1.165) is 62.3 Å². The van der Waals surface area contributed by atoms with Crippen molar-refractivity contribution in [1.82, 2.24) is 9.13 Å². The van der Waals surface area contributed by atoms with Crippen molar-refractivity contribution in [3.05, 3.63) is 167 Å². The van der Waals surface area contributed by atoms with E-state index in [0.29, 0.717) is 15.9 Å². The second kappa shape index (κ2) is 10.3. The highest BCUT2D eigenvalue weighted by molar-refractivity contribution is 7.07. The number of aromatic nitrogens is 2. The Hall–Kier alpha value is -4.52. The molecule has 1 atom stereocenters. The highest BCUT2D eigenvalue weighted by Gasteiger charge is 2.32. The fourth-order valence-corrected chi connectivity index (χ4v) is 7.63. The van der Waals surface area contributed by atoms with Crippen LogP contribution in [0.4, 0.5) is 4.39 Å². The summed E-state index contributed by atoms with van der Waals surface area (Å²) in [5.74, 6) is -0.299. The SMILES string of the molecule is O=c1/c(=C\c2cn(Cc3ccccc3Cl)c3ccccc23)sc2n1[C@@H](c1ccc(F)cc1)C1=C(N=2)c2ccccc2CC1. The lowest BCUT2D eigenvalue weighted by Crippen LogP contribution is -2.38. The Morgan fingerprint density at radius 2 is 1.70 bits per heavy atom. The molecular formula is C36H25ClFN3OS. The minimum Gasteiger partial charge on any atom is -0.342 e. The smallest absolute Gasteiger partial charge is 0.271 e. The lowest BCUT2D eigenvalue weighted by Gasteiger charge is -2.30. The van der Waals surface area contributed by atoms with Crippen molar-refractivity contribution >= 4 is 45.6 Å². The van der Waals surface area contributed by atoms with E-state index < -0.39 is 0 Å². The Bertz CT molecular complexity index is 2280. The van der Waals surface area contributed by atoms with E-state index in [1.807, 2.05) is 48.5 Å². The summed E-state index contributed by atoms with van der Waals surface area (Å²) in [4.78, 5) is 20.0. The molecule has 0 N–H and O–H groups in total. The van der Waals surface area contributed by atoms with Crippen LogP contribution >= 0.6 is 22.9 Å². The Balaban J connectivity index is 1.32. The summed E-state index contributed by atoms with van der Waals surface area (Å²) < 4.78 is 18.6. The van der Waals surface area contributed by atoms with Gasteiger partial charge in [-0.15, -0.1) is 0 Å². The number of rotatable bonds is 4. The first-order valence-electron chi connectivity index (χ1n) is 14.2. The number of para-hydroxylation sites is 1. The molecule has 0 radical (unpaired) electrons. The van der Waals surface area contributed by atoms with Crippen LogP contribution in [0.3, 0.4) is 0 Å². The molecule has 2 aliphatic rings. The highest BCUT2D eigenvalue weighted by Crippen LogP contribution is 2.41. The van der Waals surface area contributed by atoms with Crippen LogP contribution in [0.15, 0.2) is 119 Å². The van der Waals surface area contributed by atoms with Gasteiger partial charge in [-0.3, -0.25) is 9.36 Å². The Morgan fingerprint density at radius 1 is 0.930 bits per heavy atom. The van der Waals surface area contributed by atoms with Gasteiger partial charge in [0.05, 0.1) is 16.3 Å². The number of allylic oxidation sites excluding steroid dienone is 1.